The first-order valence-corrected chi connectivity index (χ1v) is 7.09. The van der Waals surface area contributed by atoms with Gasteiger partial charge in [0.25, 0.3) is 0 Å². The maximum atomic E-state index is 5.62. The molecule has 4 bridgehead atoms. The van der Waals surface area contributed by atoms with Gasteiger partial charge in [0.2, 0.25) is 0 Å². The van der Waals surface area contributed by atoms with Crippen LogP contribution in [0.15, 0.2) is 11.6 Å². The Kier molecular flexibility index (Phi) is 2.62. The second-order valence-electron chi connectivity index (χ2n) is 6.66. The van der Waals surface area contributed by atoms with E-state index in [1.165, 1.54) is 19.3 Å². The zero-order valence-electron chi connectivity index (χ0n) is 10.5. The molecule has 0 radical (unpaired) electrons. The van der Waals surface area contributed by atoms with E-state index in [0.29, 0.717) is 5.41 Å². The Hall–Kier alpha value is -0.300. The molecule has 4 aliphatic rings. The minimum atomic E-state index is 0.615. The first-order valence-electron chi connectivity index (χ1n) is 7.09. The van der Waals surface area contributed by atoms with Crippen LogP contribution >= 0.6 is 0 Å². The van der Waals surface area contributed by atoms with Crippen molar-refractivity contribution >= 4 is 0 Å². The molecule has 0 unspecified atom stereocenters. The molecule has 1 heteroatoms. The van der Waals surface area contributed by atoms with Crippen LogP contribution in [0.1, 0.15) is 51.9 Å². The predicted octanol–water partition coefficient (Wildman–Crippen LogP) is 3.50. The smallest absolute Gasteiger partial charge is 0.00425 e. The fraction of sp³-hybridized carbons (Fsp3) is 0.867. The summed E-state index contributed by atoms with van der Waals surface area (Å²) in [6, 6.07) is 0. The van der Waals surface area contributed by atoms with Gasteiger partial charge in [-0.05, 0) is 81.6 Å². The molecule has 0 saturated heterocycles. The Bertz CT molecular complexity index is 267. The minimum Gasteiger partial charge on any atom is -0.330 e. The topological polar surface area (TPSA) is 26.0 Å². The molecule has 90 valence electrons. The van der Waals surface area contributed by atoms with Crippen LogP contribution in [0.2, 0.25) is 0 Å². The van der Waals surface area contributed by atoms with Crippen molar-refractivity contribution in [2.75, 3.05) is 6.54 Å². The van der Waals surface area contributed by atoms with E-state index in [0.717, 1.165) is 30.7 Å². The van der Waals surface area contributed by atoms with E-state index in [1.807, 2.05) is 0 Å². The van der Waals surface area contributed by atoms with E-state index in [2.05, 4.69) is 13.0 Å². The molecule has 4 aliphatic carbocycles. The van der Waals surface area contributed by atoms with Gasteiger partial charge < -0.3 is 5.73 Å². The van der Waals surface area contributed by atoms with Crippen molar-refractivity contribution < 1.29 is 0 Å². The fourth-order valence-corrected chi connectivity index (χ4v) is 5.11. The second kappa shape index (κ2) is 3.87. The van der Waals surface area contributed by atoms with Gasteiger partial charge in [0.1, 0.15) is 0 Å². The lowest BCUT2D eigenvalue weighted by atomic mass is 9.48. The Morgan fingerprint density at radius 1 is 1.12 bits per heavy atom. The number of hydrogen-bond donors (Lipinski definition) is 1. The van der Waals surface area contributed by atoms with Crippen molar-refractivity contribution in [1.82, 2.24) is 0 Å². The molecular weight excluding hydrogens is 194 g/mol. The van der Waals surface area contributed by atoms with Gasteiger partial charge in [-0.25, -0.2) is 0 Å². The lowest BCUT2D eigenvalue weighted by Crippen LogP contribution is -2.46. The second-order valence-corrected chi connectivity index (χ2v) is 6.66. The molecule has 0 aromatic heterocycles. The molecule has 0 atom stereocenters. The van der Waals surface area contributed by atoms with Crippen LogP contribution in [0.25, 0.3) is 0 Å². The summed E-state index contributed by atoms with van der Waals surface area (Å²) in [6.07, 6.45) is 12.6. The lowest BCUT2D eigenvalue weighted by Gasteiger charge is -2.57. The summed E-state index contributed by atoms with van der Waals surface area (Å²) in [5.74, 6) is 3.19. The number of nitrogens with two attached hydrogens (primary N) is 1. The summed E-state index contributed by atoms with van der Waals surface area (Å²) < 4.78 is 0. The summed E-state index contributed by atoms with van der Waals surface area (Å²) in [5, 5.41) is 0. The SMILES string of the molecule is CC(=CCCN)C12CC3CC(CC(C3)C1)C2. The van der Waals surface area contributed by atoms with Gasteiger partial charge in [0, 0.05) is 0 Å². The summed E-state index contributed by atoms with van der Waals surface area (Å²) in [7, 11) is 0. The molecule has 0 aromatic carbocycles. The van der Waals surface area contributed by atoms with Gasteiger partial charge in [-0.1, -0.05) is 11.6 Å². The quantitative estimate of drug-likeness (QED) is 0.722. The number of hydrogen-bond acceptors (Lipinski definition) is 1. The summed E-state index contributed by atoms with van der Waals surface area (Å²) >= 11 is 0. The van der Waals surface area contributed by atoms with Gasteiger partial charge in [-0.3, -0.25) is 0 Å². The molecule has 4 fully saturated rings. The van der Waals surface area contributed by atoms with E-state index in [1.54, 1.807) is 24.8 Å². The van der Waals surface area contributed by atoms with Gasteiger partial charge in [0.05, 0.1) is 0 Å². The van der Waals surface area contributed by atoms with Gasteiger partial charge in [-0.2, -0.15) is 0 Å². The Balaban J connectivity index is 1.82. The molecule has 0 aliphatic heterocycles. The van der Waals surface area contributed by atoms with Gasteiger partial charge in [0.15, 0.2) is 0 Å². The van der Waals surface area contributed by atoms with E-state index in [-0.39, 0.29) is 0 Å². The lowest BCUT2D eigenvalue weighted by molar-refractivity contribution is -0.0305. The highest BCUT2D eigenvalue weighted by molar-refractivity contribution is 5.19. The molecule has 4 saturated carbocycles. The molecule has 0 heterocycles. The van der Waals surface area contributed by atoms with Gasteiger partial charge >= 0.3 is 0 Å². The molecule has 0 spiro atoms. The third-order valence-electron chi connectivity index (χ3n) is 5.49. The average Bonchev–Trinajstić information content (AvgIpc) is 2.24. The first-order chi connectivity index (χ1) is 7.72. The van der Waals surface area contributed by atoms with Crippen LogP contribution in [0, 0.1) is 23.2 Å². The molecule has 2 N–H and O–H groups in total. The van der Waals surface area contributed by atoms with Crippen molar-refractivity contribution in [1.29, 1.82) is 0 Å². The summed E-state index contributed by atoms with van der Waals surface area (Å²) in [4.78, 5) is 0. The maximum Gasteiger partial charge on any atom is -0.00425 e. The molecular formula is C15H25N. The van der Waals surface area contributed by atoms with Crippen LogP contribution in [0.4, 0.5) is 0 Å². The molecule has 0 aromatic rings. The Labute approximate surface area is 99.5 Å². The zero-order chi connectivity index (χ0) is 11.2. The predicted molar refractivity (Wildman–Crippen MR) is 68.0 cm³/mol. The van der Waals surface area contributed by atoms with Crippen molar-refractivity contribution in [3.63, 3.8) is 0 Å². The highest BCUT2D eigenvalue weighted by Crippen LogP contribution is 2.62. The zero-order valence-corrected chi connectivity index (χ0v) is 10.5. The van der Waals surface area contributed by atoms with E-state index >= 15 is 0 Å². The van der Waals surface area contributed by atoms with E-state index in [9.17, 15) is 0 Å². The summed E-state index contributed by atoms with van der Waals surface area (Å²) in [6.45, 7) is 3.19. The Morgan fingerprint density at radius 2 is 1.62 bits per heavy atom. The number of allylic oxidation sites excluding steroid dienone is 1. The monoisotopic (exact) mass is 219 g/mol. The minimum absolute atomic E-state index is 0.615. The van der Waals surface area contributed by atoms with Crippen molar-refractivity contribution in [3.05, 3.63) is 11.6 Å². The van der Waals surface area contributed by atoms with E-state index < -0.39 is 0 Å². The largest absolute Gasteiger partial charge is 0.330 e. The maximum absolute atomic E-state index is 5.62. The highest BCUT2D eigenvalue weighted by atomic mass is 14.6. The average molecular weight is 219 g/mol. The standard InChI is InChI=1S/C15H25N/c1-11(3-2-4-16)15-8-12-5-13(9-15)7-14(6-12)10-15/h3,12-14H,2,4-10,16H2,1H3. The summed E-state index contributed by atoms with van der Waals surface area (Å²) in [5.41, 5.74) is 7.92. The fourth-order valence-electron chi connectivity index (χ4n) is 5.11. The van der Waals surface area contributed by atoms with Crippen molar-refractivity contribution in [3.8, 4) is 0 Å². The third kappa shape index (κ3) is 1.64. The van der Waals surface area contributed by atoms with Crippen LogP contribution in [0.3, 0.4) is 0 Å². The van der Waals surface area contributed by atoms with Crippen LogP contribution in [0.5, 0.6) is 0 Å². The van der Waals surface area contributed by atoms with E-state index in [4.69, 9.17) is 5.73 Å². The Morgan fingerprint density at radius 3 is 2.06 bits per heavy atom. The van der Waals surface area contributed by atoms with Crippen LogP contribution in [-0.2, 0) is 0 Å². The molecule has 4 rings (SSSR count). The normalized spacial score (nSPS) is 46.4. The number of rotatable bonds is 3. The highest BCUT2D eigenvalue weighted by Gasteiger charge is 2.51. The van der Waals surface area contributed by atoms with Crippen molar-refractivity contribution in [2.24, 2.45) is 28.9 Å². The molecule has 16 heavy (non-hydrogen) atoms. The van der Waals surface area contributed by atoms with Crippen LogP contribution < -0.4 is 5.73 Å². The van der Waals surface area contributed by atoms with Crippen molar-refractivity contribution in [2.45, 2.75) is 51.9 Å². The molecule has 1 nitrogen and oxygen atoms in total. The third-order valence-corrected chi connectivity index (χ3v) is 5.49. The molecule has 0 amide bonds. The van der Waals surface area contributed by atoms with Gasteiger partial charge in [-0.15, -0.1) is 0 Å². The first kappa shape index (κ1) is 10.8. The van der Waals surface area contributed by atoms with Crippen LogP contribution in [-0.4, -0.2) is 6.54 Å².